The van der Waals surface area contributed by atoms with Gasteiger partial charge >= 0.3 is 5.97 Å². The molecule has 1 fully saturated rings. The van der Waals surface area contributed by atoms with Crippen molar-refractivity contribution in [2.75, 3.05) is 18.0 Å². The molecule has 1 aromatic carbocycles. The summed E-state index contributed by atoms with van der Waals surface area (Å²) in [7, 11) is 0. The van der Waals surface area contributed by atoms with Crippen LogP contribution in [0.1, 0.15) is 18.4 Å². The Morgan fingerprint density at radius 1 is 1.53 bits per heavy atom. The predicted octanol–water partition coefficient (Wildman–Crippen LogP) is 2.20. The van der Waals surface area contributed by atoms with Crippen LogP contribution in [0.2, 0.25) is 0 Å². The van der Waals surface area contributed by atoms with Gasteiger partial charge < -0.3 is 10.0 Å². The second-order valence-corrected chi connectivity index (χ2v) is 4.85. The summed E-state index contributed by atoms with van der Waals surface area (Å²) in [5.74, 6) is -1.13. The lowest BCUT2D eigenvalue weighted by Crippen LogP contribution is -2.38. The fourth-order valence-corrected chi connectivity index (χ4v) is 2.45. The lowest BCUT2D eigenvalue weighted by molar-refractivity contribution is -0.385. The smallest absolute Gasteiger partial charge is 0.308 e. The number of aryl methyl sites for hydroxylation is 1. The molecule has 102 valence electrons. The Bertz CT molecular complexity index is 515. The van der Waals surface area contributed by atoms with Crippen molar-refractivity contribution >= 4 is 17.3 Å². The van der Waals surface area contributed by atoms with Crippen molar-refractivity contribution in [1.29, 1.82) is 0 Å². The van der Waals surface area contributed by atoms with Crippen molar-refractivity contribution < 1.29 is 14.8 Å². The summed E-state index contributed by atoms with van der Waals surface area (Å²) in [5, 5.41) is 19.8. The molecule has 1 aromatic rings. The number of hydrogen-bond donors (Lipinski definition) is 1. The molecule has 6 nitrogen and oxygen atoms in total. The maximum absolute atomic E-state index is 11.0. The number of carboxylic acids is 1. The SMILES string of the molecule is Cc1cc(N2CCC[C@@H](C(=O)O)C2)ccc1[N+](=O)[O-]. The van der Waals surface area contributed by atoms with Crippen molar-refractivity contribution in [2.24, 2.45) is 5.92 Å². The zero-order valence-electron chi connectivity index (χ0n) is 10.7. The van der Waals surface area contributed by atoms with Gasteiger partial charge in [0.05, 0.1) is 10.8 Å². The number of rotatable bonds is 3. The fourth-order valence-electron chi connectivity index (χ4n) is 2.45. The first-order valence-corrected chi connectivity index (χ1v) is 6.22. The zero-order valence-corrected chi connectivity index (χ0v) is 10.7. The van der Waals surface area contributed by atoms with Crippen LogP contribution >= 0.6 is 0 Å². The number of nitro benzene ring substituents is 1. The molecule has 0 unspecified atom stereocenters. The van der Waals surface area contributed by atoms with Gasteiger partial charge in [-0.15, -0.1) is 0 Å². The second-order valence-electron chi connectivity index (χ2n) is 4.85. The summed E-state index contributed by atoms with van der Waals surface area (Å²) < 4.78 is 0. The largest absolute Gasteiger partial charge is 0.481 e. The third-order valence-electron chi connectivity index (χ3n) is 3.51. The number of piperidine rings is 1. The molecule has 19 heavy (non-hydrogen) atoms. The van der Waals surface area contributed by atoms with E-state index in [0.29, 0.717) is 18.5 Å². The lowest BCUT2D eigenvalue weighted by Gasteiger charge is -2.32. The molecule has 1 aliphatic rings. The Labute approximate surface area is 110 Å². The average molecular weight is 264 g/mol. The van der Waals surface area contributed by atoms with Crippen LogP contribution in [0.5, 0.6) is 0 Å². The molecular formula is C13H16N2O4. The molecule has 0 spiro atoms. The standard InChI is InChI=1S/C13H16N2O4/c1-9-7-11(4-5-12(9)15(18)19)14-6-2-3-10(8-14)13(16)17/h4-5,7,10H,2-3,6,8H2,1H3,(H,16,17)/t10-/m1/s1. The van der Waals surface area contributed by atoms with Crippen molar-refractivity contribution in [3.05, 3.63) is 33.9 Å². The lowest BCUT2D eigenvalue weighted by atomic mass is 9.97. The maximum atomic E-state index is 11.0. The minimum atomic E-state index is -0.775. The molecule has 0 saturated carbocycles. The summed E-state index contributed by atoms with van der Waals surface area (Å²) >= 11 is 0. The van der Waals surface area contributed by atoms with E-state index < -0.39 is 10.9 Å². The van der Waals surface area contributed by atoms with E-state index in [9.17, 15) is 14.9 Å². The number of carboxylic acid groups (broad SMARTS) is 1. The van der Waals surface area contributed by atoms with Gasteiger partial charge in [0.1, 0.15) is 0 Å². The molecule has 1 aliphatic heterocycles. The third kappa shape index (κ3) is 2.83. The van der Waals surface area contributed by atoms with Crippen LogP contribution in [0.4, 0.5) is 11.4 Å². The van der Waals surface area contributed by atoms with Crippen molar-refractivity contribution in [2.45, 2.75) is 19.8 Å². The summed E-state index contributed by atoms with van der Waals surface area (Å²) in [6.07, 6.45) is 1.52. The highest BCUT2D eigenvalue weighted by molar-refractivity contribution is 5.71. The Balaban J connectivity index is 2.20. The summed E-state index contributed by atoms with van der Waals surface area (Å²) in [5.41, 5.74) is 1.55. The topological polar surface area (TPSA) is 83.7 Å². The molecule has 1 heterocycles. The highest BCUT2D eigenvalue weighted by Gasteiger charge is 2.26. The van der Waals surface area contributed by atoms with Crippen LogP contribution < -0.4 is 4.90 Å². The van der Waals surface area contributed by atoms with Crippen LogP contribution in [0.3, 0.4) is 0 Å². The van der Waals surface area contributed by atoms with Gasteiger partial charge in [0.25, 0.3) is 5.69 Å². The monoisotopic (exact) mass is 264 g/mol. The number of benzene rings is 1. The average Bonchev–Trinajstić information content (AvgIpc) is 2.38. The number of anilines is 1. The first-order chi connectivity index (χ1) is 8.99. The summed E-state index contributed by atoms with van der Waals surface area (Å²) in [6.45, 7) is 2.95. The van der Waals surface area contributed by atoms with E-state index in [1.165, 1.54) is 6.07 Å². The van der Waals surface area contributed by atoms with E-state index in [1.807, 2.05) is 4.90 Å². The molecule has 0 aliphatic carbocycles. The Morgan fingerprint density at radius 3 is 2.84 bits per heavy atom. The van der Waals surface area contributed by atoms with Gasteiger partial charge in [-0.1, -0.05) is 0 Å². The molecule has 1 atom stereocenters. The highest BCUT2D eigenvalue weighted by Crippen LogP contribution is 2.27. The first kappa shape index (κ1) is 13.3. The predicted molar refractivity (Wildman–Crippen MR) is 70.4 cm³/mol. The number of nitrogens with zero attached hydrogens (tertiary/aromatic N) is 2. The molecule has 0 amide bonds. The van der Waals surface area contributed by atoms with E-state index >= 15 is 0 Å². The van der Waals surface area contributed by atoms with Crippen LogP contribution in [0.15, 0.2) is 18.2 Å². The second kappa shape index (κ2) is 5.26. The highest BCUT2D eigenvalue weighted by atomic mass is 16.6. The zero-order chi connectivity index (χ0) is 14.0. The van der Waals surface area contributed by atoms with Crippen LogP contribution in [-0.2, 0) is 4.79 Å². The summed E-state index contributed by atoms with van der Waals surface area (Å²) in [4.78, 5) is 23.4. The number of aliphatic carboxylic acids is 1. The van der Waals surface area contributed by atoms with Crippen molar-refractivity contribution in [3.8, 4) is 0 Å². The Kier molecular flexibility index (Phi) is 3.69. The van der Waals surface area contributed by atoms with Crippen LogP contribution in [0.25, 0.3) is 0 Å². The summed E-state index contributed by atoms with van der Waals surface area (Å²) in [6, 6.07) is 4.92. The van der Waals surface area contributed by atoms with Gasteiger partial charge in [-0.2, -0.15) is 0 Å². The minimum absolute atomic E-state index is 0.0931. The van der Waals surface area contributed by atoms with Crippen LogP contribution in [-0.4, -0.2) is 29.1 Å². The third-order valence-corrected chi connectivity index (χ3v) is 3.51. The van der Waals surface area contributed by atoms with E-state index in [1.54, 1.807) is 19.1 Å². The van der Waals surface area contributed by atoms with E-state index in [0.717, 1.165) is 18.7 Å². The molecule has 2 rings (SSSR count). The van der Waals surface area contributed by atoms with Crippen molar-refractivity contribution in [1.82, 2.24) is 0 Å². The molecule has 1 saturated heterocycles. The van der Waals surface area contributed by atoms with Crippen molar-refractivity contribution in [3.63, 3.8) is 0 Å². The molecule has 0 radical (unpaired) electrons. The minimum Gasteiger partial charge on any atom is -0.481 e. The molecule has 0 aromatic heterocycles. The number of hydrogen-bond acceptors (Lipinski definition) is 4. The van der Waals surface area contributed by atoms with E-state index in [4.69, 9.17) is 5.11 Å². The Hall–Kier alpha value is -2.11. The quantitative estimate of drug-likeness (QED) is 0.668. The first-order valence-electron chi connectivity index (χ1n) is 6.22. The van der Waals surface area contributed by atoms with Gasteiger partial charge in [0.2, 0.25) is 0 Å². The van der Waals surface area contributed by atoms with Gasteiger partial charge in [0, 0.05) is 30.4 Å². The van der Waals surface area contributed by atoms with Crippen LogP contribution in [0, 0.1) is 23.0 Å². The van der Waals surface area contributed by atoms with Gasteiger partial charge in [-0.3, -0.25) is 14.9 Å². The van der Waals surface area contributed by atoms with Gasteiger partial charge in [-0.05, 0) is 31.9 Å². The molecular weight excluding hydrogens is 248 g/mol. The molecule has 0 bridgehead atoms. The normalized spacial score (nSPS) is 19.2. The number of carbonyl (C=O) groups is 1. The number of nitro groups is 1. The van der Waals surface area contributed by atoms with Gasteiger partial charge in [0.15, 0.2) is 0 Å². The fraction of sp³-hybridized carbons (Fsp3) is 0.462. The van der Waals surface area contributed by atoms with E-state index in [2.05, 4.69) is 0 Å². The molecule has 1 N–H and O–H groups in total. The maximum Gasteiger partial charge on any atom is 0.308 e. The van der Waals surface area contributed by atoms with E-state index in [-0.39, 0.29) is 11.6 Å². The van der Waals surface area contributed by atoms with Gasteiger partial charge in [-0.25, -0.2) is 0 Å². The Morgan fingerprint density at radius 2 is 2.26 bits per heavy atom. The molecule has 6 heteroatoms.